The standard InChI is InChI=1S/C14H22N4O/c1-9(2)13-12(7-16-10(3)17-13)14(19)18-5-4-11(6-15)8-18/h7,9,11H,4-6,8,15H2,1-3H3. The van der Waals surface area contributed by atoms with Crippen molar-refractivity contribution in [2.45, 2.75) is 33.1 Å². The van der Waals surface area contributed by atoms with Crippen molar-refractivity contribution < 1.29 is 4.79 Å². The van der Waals surface area contributed by atoms with Crippen LogP contribution in [0.15, 0.2) is 6.20 Å². The minimum atomic E-state index is 0.0413. The molecule has 1 fully saturated rings. The number of nitrogens with two attached hydrogens (primary N) is 1. The Bertz CT molecular complexity index is 473. The quantitative estimate of drug-likeness (QED) is 0.892. The number of aryl methyl sites for hydroxylation is 1. The van der Waals surface area contributed by atoms with E-state index in [1.807, 2.05) is 25.7 Å². The van der Waals surface area contributed by atoms with Gasteiger partial charge in [0, 0.05) is 19.3 Å². The van der Waals surface area contributed by atoms with Crippen molar-refractivity contribution in [2.75, 3.05) is 19.6 Å². The molecule has 0 radical (unpaired) electrons. The van der Waals surface area contributed by atoms with Crippen molar-refractivity contribution in [3.05, 3.63) is 23.3 Å². The molecule has 2 N–H and O–H groups in total. The number of amides is 1. The summed E-state index contributed by atoms with van der Waals surface area (Å²) in [6, 6.07) is 0. The van der Waals surface area contributed by atoms with Crippen LogP contribution in [0.5, 0.6) is 0 Å². The summed E-state index contributed by atoms with van der Waals surface area (Å²) in [6.07, 6.45) is 2.65. The average Bonchev–Trinajstić information content (AvgIpc) is 2.86. The van der Waals surface area contributed by atoms with Crippen LogP contribution in [-0.4, -0.2) is 40.4 Å². The second kappa shape index (κ2) is 5.65. The molecule has 19 heavy (non-hydrogen) atoms. The Kier molecular flexibility index (Phi) is 4.14. The third-order valence-electron chi connectivity index (χ3n) is 3.62. The molecule has 1 amide bonds. The number of aromatic nitrogens is 2. The van der Waals surface area contributed by atoms with Crippen LogP contribution in [0.25, 0.3) is 0 Å². The Hall–Kier alpha value is -1.49. The molecular weight excluding hydrogens is 240 g/mol. The van der Waals surface area contributed by atoms with Crippen molar-refractivity contribution in [3.63, 3.8) is 0 Å². The van der Waals surface area contributed by atoms with Gasteiger partial charge in [-0.3, -0.25) is 4.79 Å². The lowest BCUT2D eigenvalue weighted by Crippen LogP contribution is -2.31. The van der Waals surface area contributed by atoms with E-state index in [-0.39, 0.29) is 11.8 Å². The third-order valence-corrected chi connectivity index (χ3v) is 3.62. The highest BCUT2D eigenvalue weighted by Crippen LogP contribution is 2.22. The molecule has 5 nitrogen and oxygen atoms in total. The van der Waals surface area contributed by atoms with E-state index >= 15 is 0 Å². The molecule has 1 aliphatic rings. The van der Waals surface area contributed by atoms with Crippen LogP contribution < -0.4 is 5.73 Å². The van der Waals surface area contributed by atoms with Crippen molar-refractivity contribution >= 4 is 5.91 Å². The molecule has 1 aromatic heterocycles. The number of hydrogen-bond acceptors (Lipinski definition) is 4. The SMILES string of the molecule is Cc1ncc(C(=O)N2CCC(CN)C2)c(C(C)C)n1. The topological polar surface area (TPSA) is 72.1 Å². The van der Waals surface area contributed by atoms with Gasteiger partial charge in [0.2, 0.25) is 0 Å². The molecule has 1 aliphatic heterocycles. The van der Waals surface area contributed by atoms with Gasteiger partial charge in [-0.05, 0) is 31.7 Å². The molecule has 0 saturated carbocycles. The summed E-state index contributed by atoms with van der Waals surface area (Å²) >= 11 is 0. The number of nitrogens with zero attached hydrogens (tertiary/aromatic N) is 3. The zero-order valence-corrected chi connectivity index (χ0v) is 11.9. The maximum Gasteiger partial charge on any atom is 0.257 e. The van der Waals surface area contributed by atoms with Gasteiger partial charge in [-0.1, -0.05) is 13.8 Å². The normalized spacial score (nSPS) is 19.2. The largest absolute Gasteiger partial charge is 0.338 e. The zero-order valence-electron chi connectivity index (χ0n) is 11.9. The van der Waals surface area contributed by atoms with E-state index in [2.05, 4.69) is 9.97 Å². The van der Waals surface area contributed by atoms with Crippen LogP contribution >= 0.6 is 0 Å². The molecule has 0 aliphatic carbocycles. The monoisotopic (exact) mass is 262 g/mol. The number of rotatable bonds is 3. The van der Waals surface area contributed by atoms with Crippen LogP contribution in [0.4, 0.5) is 0 Å². The Labute approximate surface area is 114 Å². The number of carbonyl (C=O) groups is 1. The van der Waals surface area contributed by atoms with Gasteiger partial charge in [-0.25, -0.2) is 9.97 Å². The van der Waals surface area contributed by atoms with E-state index in [0.717, 1.165) is 25.2 Å². The fourth-order valence-electron chi connectivity index (χ4n) is 2.47. The molecule has 1 atom stereocenters. The molecule has 0 bridgehead atoms. The highest BCUT2D eigenvalue weighted by Gasteiger charge is 2.28. The highest BCUT2D eigenvalue weighted by molar-refractivity contribution is 5.95. The van der Waals surface area contributed by atoms with E-state index in [9.17, 15) is 4.79 Å². The van der Waals surface area contributed by atoms with Gasteiger partial charge in [0.1, 0.15) is 5.82 Å². The second-order valence-electron chi connectivity index (χ2n) is 5.51. The minimum Gasteiger partial charge on any atom is -0.338 e. The van der Waals surface area contributed by atoms with Crippen molar-refractivity contribution in [2.24, 2.45) is 11.7 Å². The van der Waals surface area contributed by atoms with E-state index < -0.39 is 0 Å². The first kappa shape index (κ1) is 13.9. The van der Waals surface area contributed by atoms with Crippen LogP contribution in [0.2, 0.25) is 0 Å². The van der Waals surface area contributed by atoms with Crippen LogP contribution in [0.1, 0.15) is 48.1 Å². The van der Waals surface area contributed by atoms with Gasteiger partial charge in [-0.2, -0.15) is 0 Å². The van der Waals surface area contributed by atoms with Gasteiger partial charge in [0.15, 0.2) is 0 Å². The fourth-order valence-corrected chi connectivity index (χ4v) is 2.47. The first-order valence-electron chi connectivity index (χ1n) is 6.85. The van der Waals surface area contributed by atoms with Crippen molar-refractivity contribution in [1.29, 1.82) is 0 Å². The molecule has 5 heteroatoms. The summed E-state index contributed by atoms with van der Waals surface area (Å²) in [6.45, 7) is 8.12. The van der Waals surface area contributed by atoms with Gasteiger partial charge in [-0.15, -0.1) is 0 Å². The maximum atomic E-state index is 12.6. The summed E-state index contributed by atoms with van der Waals surface area (Å²) in [7, 11) is 0. The number of hydrogen-bond donors (Lipinski definition) is 1. The number of likely N-dealkylation sites (tertiary alicyclic amines) is 1. The summed E-state index contributed by atoms with van der Waals surface area (Å²) in [5.74, 6) is 1.40. The first-order valence-corrected chi connectivity index (χ1v) is 6.85. The average molecular weight is 262 g/mol. The Morgan fingerprint density at radius 3 is 2.89 bits per heavy atom. The third kappa shape index (κ3) is 2.92. The fraction of sp³-hybridized carbons (Fsp3) is 0.643. The molecule has 1 unspecified atom stereocenters. The summed E-state index contributed by atoms with van der Waals surface area (Å²) in [5, 5.41) is 0. The molecule has 1 aromatic rings. The molecule has 0 aromatic carbocycles. The van der Waals surface area contributed by atoms with E-state index in [1.54, 1.807) is 6.20 Å². The van der Waals surface area contributed by atoms with Crippen LogP contribution in [0.3, 0.4) is 0 Å². The lowest BCUT2D eigenvalue weighted by atomic mass is 10.0. The maximum absolute atomic E-state index is 12.6. The first-order chi connectivity index (χ1) is 9.02. The molecular formula is C14H22N4O. The van der Waals surface area contributed by atoms with Crippen molar-refractivity contribution in [3.8, 4) is 0 Å². The smallest absolute Gasteiger partial charge is 0.257 e. The van der Waals surface area contributed by atoms with Crippen molar-refractivity contribution in [1.82, 2.24) is 14.9 Å². The molecule has 0 spiro atoms. The lowest BCUT2D eigenvalue weighted by Gasteiger charge is -2.19. The number of carbonyl (C=O) groups excluding carboxylic acids is 1. The van der Waals surface area contributed by atoms with E-state index in [1.165, 1.54) is 0 Å². The van der Waals surface area contributed by atoms with Gasteiger partial charge in [0.05, 0.1) is 11.3 Å². The molecule has 1 saturated heterocycles. The molecule has 2 heterocycles. The lowest BCUT2D eigenvalue weighted by molar-refractivity contribution is 0.0785. The minimum absolute atomic E-state index is 0.0413. The highest BCUT2D eigenvalue weighted by atomic mass is 16.2. The summed E-state index contributed by atoms with van der Waals surface area (Å²) in [4.78, 5) is 23.0. The Balaban J connectivity index is 2.24. The summed E-state index contributed by atoms with van der Waals surface area (Å²) in [5.41, 5.74) is 7.15. The van der Waals surface area contributed by atoms with Gasteiger partial charge >= 0.3 is 0 Å². The van der Waals surface area contributed by atoms with Crippen LogP contribution in [-0.2, 0) is 0 Å². The molecule has 2 rings (SSSR count). The Morgan fingerprint density at radius 1 is 1.58 bits per heavy atom. The molecule has 104 valence electrons. The summed E-state index contributed by atoms with van der Waals surface area (Å²) < 4.78 is 0. The predicted molar refractivity (Wildman–Crippen MR) is 73.9 cm³/mol. The zero-order chi connectivity index (χ0) is 14.0. The van der Waals surface area contributed by atoms with E-state index in [4.69, 9.17) is 5.73 Å². The van der Waals surface area contributed by atoms with Crippen LogP contribution in [0, 0.1) is 12.8 Å². The predicted octanol–water partition coefficient (Wildman–Crippen LogP) is 1.33. The Morgan fingerprint density at radius 2 is 2.32 bits per heavy atom. The van der Waals surface area contributed by atoms with Gasteiger partial charge in [0.25, 0.3) is 5.91 Å². The van der Waals surface area contributed by atoms with E-state index in [0.29, 0.717) is 23.9 Å². The van der Waals surface area contributed by atoms with Gasteiger partial charge < -0.3 is 10.6 Å². The second-order valence-corrected chi connectivity index (χ2v) is 5.51.